The fourth-order valence-electron chi connectivity index (χ4n) is 3.25. The zero-order chi connectivity index (χ0) is 15.2. The molecule has 4 nitrogen and oxygen atoms in total. The predicted molar refractivity (Wildman–Crippen MR) is 85.4 cm³/mol. The van der Waals surface area contributed by atoms with Crippen LogP contribution in [0, 0.1) is 5.92 Å². The van der Waals surface area contributed by atoms with Crippen LogP contribution in [0.3, 0.4) is 0 Å². The first-order valence-electron chi connectivity index (χ1n) is 7.94. The number of piperidine rings is 1. The lowest BCUT2D eigenvalue weighted by Gasteiger charge is -2.40. The van der Waals surface area contributed by atoms with E-state index in [2.05, 4.69) is 24.0 Å². The maximum atomic E-state index is 9.45. The van der Waals surface area contributed by atoms with Gasteiger partial charge in [-0.3, -0.25) is 4.90 Å². The number of likely N-dealkylation sites (tertiary alicyclic amines) is 1. The van der Waals surface area contributed by atoms with E-state index in [1.165, 1.54) is 5.56 Å². The summed E-state index contributed by atoms with van der Waals surface area (Å²) in [6, 6.07) is 8.55. The average Bonchev–Trinajstić information content (AvgIpc) is 2.55. The summed E-state index contributed by atoms with van der Waals surface area (Å²) in [5.74, 6) is 1.25. The number of methoxy groups -OCH3 is 1. The van der Waals surface area contributed by atoms with Crippen LogP contribution in [0.1, 0.15) is 37.8 Å². The molecule has 4 heteroatoms. The molecule has 0 aliphatic carbocycles. The maximum absolute atomic E-state index is 9.45. The number of ether oxygens (including phenoxy) is 1. The molecule has 3 atom stereocenters. The van der Waals surface area contributed by atoms with E-state index in [0.29, 0.717) is 5.92 Å². The number of hydrogen-bond donors (Lipinski definition) is 2. The first-order chi connectivity index (χ1) is 10.2. The van der Waals surface area contributed by atoms with Gasteiger partial charge in [0.2, 0.25) is 0 Å². The van der Waals surface area contributed by atoms with Crippen molar-refractivity contribution in [1.82, 2.24) is 4.90 Å². The van der Waals surface area contributed by atoms with Crippen molar-refractivity contribution in [3.8, 4) is 5.75 Å². The van der Waals surface area contributed by atoms with Gasteiger partial charge in [-0.05, 0) is 49.4 Å². The molecule has 1 aliphatic heterocycles. The summed E-state index contributed by atoms with van der Waals surface area (Å²) >= 11 is 0. The number of benzene rings is 1. The number of nitrogens with zero attached hydrogens (tertiary/aromatic N) is 1. The van der Waals surface area contributed by atoms with Crippen molar-refractivity contribution in [2.24, 2.45) is 11.7 Å². The number of aliphatic hydroxyl groups is 1. The Morgan fingerprint density at radius 1 is 1.38 bits per heavy atom. The van der Waals surface area contributed by atoms with Gasteiger partial charge in [-0.15, -0.1) is 0 Å². The number of nitrogens with two attached hydrogens (primary N) is 1. The molecule has 0 amide bonds. The molecule has 2 rings (SSSR count). The molecule has 1 aromatic rings. The monoisotopic (exact) mass is 292 g/mol. The van der Waals surface area contributed by atoms with Crippen LogP contribution >= 0.6 is 0 Å². The number of rotatable bonds is 6. The van der Waals surface area contributed by atoms with Gasteiger partial charge < -0.3 is 15.6 Å². The Bertz CT molecular complexity index is 421. The van der Waals surface area contributed by atoms with Gasteiger partial charge in [0.05, 0.1) is 7.11 Å². The van der Waals surface area contributed by atoms with Crippen LogP contribution in [-0.4, -0.2) is 42.9 Å². The summed E-state index contributed by atoms with van der Waals surface area (Å²) in [6.07, 6.45) is 3.19. The Hall–Kier alpha value is -1.10. The Morgan fingerprint density at radius 2 is 2.10 bits per heavy atom. The Labute approximate surface area is 127 Å². The largest absolute Gasteiger partial charge is 0.497 e. The van der Waals surface area contributed by atoms with E-state index in [-0.39, 0.29) is 18.7 Å². The summed E-state index contributed by atoms with van der Waals surface area (Å²) < 4.78 is 5.24. The van der Waals surface area contributed by atoms with Crippen LogP contribution in [0.5, 0.6) is 5.75 Å². The quantitative estimate of drug-likeness (QED) is 0.844. The Morgan fingerprint density at radius 3 is 2.67 bits per heavy atom. The lowest BCUT2D eigenvalue weighted by Crippen LogP contribution is -2.46. The van der Waals surface area contributed by atoms with Crippen LogP contribution in [-0.2, 0) is 0 Å². The van der Waals surface area contributed by atoms with E-state index in [1.54, 1.807) is 7.11 Å². The Kier molecular flexibility index (Phi) is 6.03. The zero-order valence-electron chi connectivity index (χ0n) is 13.2. The third-order valence-electron chi connectivity index (χ3n) is 4.54. The minimum atomic E-state index is 0.107. The molecule has 0 bridgehead atoms. The van der Waals surface area contributed by atoms with Crippen LogP contribution in [0.2, 0.25) is 0 Å². The van der Waals surface area contributed by atoms with Crippen LogP contribution in [0.4, 0.5) is 0 Å². The average molecular weight is 292 g/mol. The van der Waals surface area contributed by atoms with Gasteiger partial charge in [0, 0.05) is 25.2 Å². The Balaban J connectivity index is 2.20. The van der Waals surface area contributed by atoms with Crippen LogP contribution in [0.15, 0.2) is 24.3 Å². The second kappa shape index (κ2) is 7.78. The molecule has 1 aliphatic rings. The van der Waals surface area contributed by atoms with Crippen molar-refractivity contribution in [3.05, 3.63) is 29.8 Å². The summed E-state index contributed by atoms with van der Waals surface area (Å²) in [4.78, 5) is 2.44. The van der Waals surface area contributed by atoms with Crippen LogP contribution < -0.4 is 10.5 Å². The third kappa shape index (κ3) is 3.96. The molecule has 3 unspecified atom stereocenters. The van der Waals surface area contributed by atoms with Gasteiger partial charge in [-0.2, -0.15) is 0 Å². The predicted octanol–water partition coefficient (Wildman–Crippen LogP) is 2.18. The molecule has 0 radical (unpaired) electrons. The normalized spacial score (nSPS) is 22.8. The van der Waals surface area contributed by atoms with Crippen molar-refractivity contribution >= 4 is 0 Å². The highest BCUT2D eigenvalue weighted by atomic mass is 16.5. The minimum Gasteiger partial charge on any atom is -0.497 e. The molecule has 1 saturated heterocycles. The topological polar surface area (TPSA) is 58.7 Å². The fraction of sp³-hybridized carbons (Fsp3) is 0.647. The van der Waals surface area contributed by atoms with E-state index in [9.17, 15) is 5.11 Å². The number of hydrogen-bond acceptors (Lipinski definition) is 4. The first-order valence-corrected chi connectivity index (χ1v) is 7.94. The molecule has 118 valence electrons. The van der Waals surface area contributed by atoms with E-state index in [0.717, 1.165) is 38.1 Å². The first kappa shape index (κ1) is 16.3. The van der Waals surface area contributed by atoms with E-state index >= 15 is 0 Å². The highest BCUT2D eigenvalue weighted by molar-refractivity contribution is 5.30. The molecule has 1 aromatic carbocycles. The van der Waals surface area contributed by atoms with Gasteiger partial charge >= 0.3 is 0 Å². The molecule has 0 saturated carbocycles. The molecule has 21 heavy (non-hydrogen) atoms. The molecule has 1 heterocycles. The lowest BCUT2D eigenvalue weighted by molar-refractivity contribution is 0.0763. The van der Waals surface area contributed by atoms with Gasteiger partial charge in [-0.25, -0.2) is 0 Å². The van der Waals surface area contributed by atoms with Crippen molar-refractivity contribution in [3.63, 3.8) is 0 Å². The maximum Gasteiger partial charge on any atom is 0.118 e. The van der Waals surface area contributed by atoms with Crippen molar-refractivity contribution in [2.75, 3.05) is 26.8 Å². The minimum absolute atomic E-state index is 0.107. The highest BCUT2D eigenvalue weighted by Crippen LogP contribution is 2.30. The summed E-state index contributed by atoms with van der Waals surface area (Å²) in [7, 11) is 1.68. The zero-order valence-corrected chi connectivity index (χ0v) is 13.2. The second-order valence-corrected chi connectivity index (χ2v) is 5.98. The SMILES string of the molecule is CCC(N)C(c1ccc(OC)cc1)N1CCCC(CO)C1. The van der Waals surface area contributed by atoms with Gasteiger partial charge in [0.15, 0.2) is 0 Å². The summed E-state index contributed by atoms with van der Waals surface area (Å²) in [5, 5.41) is 9.45. The van der Waals surface area contributed by atoms with Crippen molar-refractivity contribution < 1.29 is 9.84 Å². The smallest absolute Gasteiger partial charge is 0.118 e. The van der Waals surface area contributed by atoms with Crippen LogP contribution in [0.25, 0.3) is 0 Å². The summed E-state index contributed by atoms with van der Waals surface area (Å²) in [6.45, 7) is 4.39. The molecule has 0 aromatic heterocycles. The molecule has 3 N–H and O–H groups in total. The second-order valence-electron chi connectivity index (χ2n) is 5.98. The van der Waals surface area contributed by atoms with Gasteiger partial charge in [0.1, 0.15) is 5.75 Å². The van der Waals surface area contributed by atoms with Gasteiger partial charge in [-0.1, -0.05) is 19.1 Å². The molecule has 1 fully saturated rings. The van der Waals surface area contributed by atoms with E-state index in [4.69, 9.17) is 10.5 Å². The lowest BCUT2D eigenvalue weighted by atomic mass is 9.91. The molecular weight excluding hydrogens is 264 g/mol. The van der Waals surface area contributed by atoms with Gasteiger partial charge in [0.25, 0.3) is 0 Å². The van der Waals surface area contributed by atoms with Crippen molar-refractivity contribution in [1.29, 1.82) is 0 Å². The van der Waals surface area contributed by atoms with E-state index in [1.807, 2.05) is 12.1 Å². The third-order valence-corrected chi connectivity index (χ3v) is 4.54. The summed E-state index contributed by atoms with van der Waals surface area (Å²) in [5.41, 5.74) is 7.64. The fourth-order valence-corrected chi connectivity index (χ4v) is 3.25. The van der Waals surface area contributed by atoms with Crippen molar-refractivity contribution in [2.45, 2.75) is 38.3 Å². The molecule has 0 spiro atoms. The molecular formula is C17H28N2O2. The van der Waals surface area contributed by atoms with E-state index < -0.39 is 0 Å². The highest BCUT2D eigenvalue weighted by Gasteiger charge is 2.29. The number of aliphatic hydroxyl groups excluding tert-OH is 1. The standard InChI is InChI=1S/C17H28N2O2/c1-3-16(18)17(14-6-8-15(21-2)9-7-14)19-10-4-5-13(11-19)12-20/h6-9,13,16-17,20H,3-5,10-12,18H2,1-2H3.